The first kappa shape index (κ1) is 16.1. The quantitative estimate of drug-likeness (QED) is 0.896. The molecule has 0 saturated heterocycles. The van der Waals surface area contributed by atoms with E-state index in [0.717, 1.165) is 30.6 Å². The lowest BCUT2D eigenvalue weighted by molar-refractivity contribution is 0.414. The molecule has 2 aliphatic rings. The molecule has 1 aliphatic heterocycles. The van der Waals surface area contributed by atoms with Crippen LogP contribution in [0.25, 0.3) is 0 Å². The number of fused-ring (bicyclic) bond motifs is 1. The molecule has 0 radical (unpaired) electrons. The number of ether oxygens (including phenoxy) is 1. The summed E-state index contributed by atoms with van der Waals surface area (Å²) >= 11 is 0. The highest BCUT2D eigenvalue weighted by molar-refractivity contribution is 7.90. The van der Waals surface area contributed by atoms with E-state index in [2.05, 4.69) is 10.8 Å². The lowest BCUT2D eigenvalue weighted by atomic mass is 10.0. The molecule has 0 bridgehead atoms. The minimum Gasteiger partial charge on any atom is -0.497 e. The highest BCUT2D eigenvalue weighted by Gasteiger charge is 2.35. The van der Waals surface area contributed by atoms with Gasteiger partial charge in [0, 0.05) is 5.56 Å². The topological polar surface area (TPSA) is 67.8 Å². The number of hydrogen-bond donors (Lipinski definition) is 1. The largest absolute Gasteiger partial charge is 0.497 e. The number of nitrogens with one attached hydrogen (secondary N) is 1. The zero-order chi connectivity index (χ0) is 17.4. The predicted molar refractivity (Wildman–Crippen MR) is 96.5 cm³/mol. The molecule has 1 heterocycles. The van der Waals surface area contributed by atoms with E-state index >= 15 is 0 Å². The van der Waals surface area contributed by atoms with Crippen molar-refractivity contribution in [1.82, 2.24) is 4.72 Å². The summed E-state index contributed by atoms with van der Waals surface area (Å²) in [5.74, 6) is 1.80. The van der Waals surface area contributed by atoms with Crippen molar-refractivity contribution in [3.05, 3.63) is 59.7 Å². The van der Waals surface area contributed by atoms with Crippen molar-refractivity contribution >= 4 is 15.9 Å². The fraction of sp³-hybridized carbons (Fsp3) is 0.316. The van der Waals surface area contributed by atoms with Gasteiger partial charge >= 0.3 is 0 Å². The van der Waals surface area contributed by atoms with Gasteiger partial charge in [0.15, 0.2) is 0 Å². The summed E-state index contributed by atoms with van der Waals surface area (Å²) in [4.78, 5) is 5.12. The van der Waals surface area contributed by atoms with Crippen molar-refractivity contribution in [2.75, 3.05) is 7.11 Å². The predicted octanol–water partition coefficient (Wildman–Crippen LogP) is 2.76. The summed E-state index contributed by atoms with van der Waals surface area (Å²) in [6, 6.07) is 15.0. The average Bonchev–Trinajstić information content (AvgIpc) is 3.42. The van der Waals surface area contributed by atoms with Crippen molar-refractivity contribution in [2.45, 2.75) is 30.2 Å². The number of sulfonamides is 1. The van der Waals surface area contributed by atoms with E-state index in [1.807, 2.05) is 24.3 Å². The third kappa shape index (κ3) is 3.26. The molecule has 6 heteroatoms. The smallest absolute Gasteiger partial charge is 0.263 e. The molecule has 0 spiro atoms. The molecule has 1 N–H and O–H groups in total. The summed E-state index contributed by atoms with van der Waals surface area (Å²) in [6.07, 6.45) is 3.05. The Bertz CT molecular complexity index is 933. The van der Waals surface area contributed by atoms with Crippen LogP contribution in [0.5, 0.6) is 5.75 Å². The van der Waals surface area contributed by atoms with Crippen LogP contribution in [0.4, 0.5) is 0 Å². The minimum atomic E-state index is -3.49. The van der Waals surface area contributed by atoms with Crippen LogP contribution < -0.4 is 9.46 Å². The molecule has 1 saturated carbocycles. The van der Waals surface area contributed by atoms with Crippen LogP contribution in [-0.4, -0.2) is 27.4 Å². The first-order valence-electron chi connectivity index (χ1n) is 8.40. The van der Waals surface area contributed by atoms with Gasteiger partial charge in [0.2, 0.25) is 0 Å². The molecule has 5 nitrogen and oxygen atoms in total. The Labute approximate surface area is 147 Å². The maximum atomic E-state index is 12.3. The monoisotopic (exact) mass is 356 g/mol. The maximum Gasteiger partial charge on any atom is 0.263 e. The number of rotatable bonds is 5. The molecule has 1 fully saturated rings. The van der Waals surface area contributed by atoms with E-state index in [0.29, 0.717) is 22.2 Å². The average molecular weight is 356 g/mol. The van der Waals surface area contributed by atoms with E-state index in [1.165, 1.54) is 0 Å². The van der Waals surface area contributed by atoms with Crippen molar-refractivity contribution in [1.29, 1.82) is 0 Å². The van der Waals surface area contributed by atoms with Gasteiger partial charge in [-0.2, -0.15) is 0 Å². The summed E-state index contributed by atoms with van der Waals surface area (Å²) in [7, 11) is -1.84. The molecule has 1 aliphatic carbocycles. The van der Waals surface area contributed by atoms with Crippen LogP contribution in [-0.2, 0) is 16.4 Å². The molecular weight excluding hydrogens is 336 g/mol. The Morgan fingerprint density at radius 3 is 2.76 bits per heavy atom. The van der Waals surface area contributed by atoms with E-state index in [-0.39, 0.29) is 6.04 Å². The Kier molecular flexibility index (Phi) is 4.00. The standard InChI is InChI=1S/C19H20N2O3S/c1-24-15-6-4-5-13(11-15)12-17(14-9-10-14)20-19-16-7-2-3-8-18(16)25(22,23)21-19/h2-8,11,14,17H,9-10,12H2,1H3,(H,20,21). The van der Waals surface area contributed by atoms with Gasteiger partial charge < -0.3 is 4.74 Å². The number of amidine groups is 1. The second kappa shape index (κ2) is 6.19. The Morgan fingerprint density at radius 2 is 2.00 bits per heavy atom. The lowest BCUT2D eigenvalue weighted by Crippen LogP contribution is -2.25. The highest BCUT2D eigenvalue weighted by atomic mass is 32.2. The molecule has 4 rings (SSSR count). The minimum absolute atomic E-state index is 0.0657. The van der Waals surface area contributed by atoms with Crippen LogP contribution in [0.15, 0.2) is 58.4 Å². The van der Waals surface area contributed by atoms with E-state index < -0.39 is 10.0 Å². The van der Waals surface area contributed by atoms with Crippen molar-refractivity contribution in [2.24, 2.45) is 10.9 Å². The second-order valence-electron chi connectivity index (χ2n) is 6.54. The molecule has 25 heavy (non-hydrogen) atoms. The Morgan fingerprint density at radius 1 is 1.20 bits per heavy atom. The van der Waals surface area contributed by atoms with Crippen LogP contribution >= 0.6 is 0 Å². The molecule has 1 atom stereocenters. The number of hydrogen-bond acceptors (Lipinski definition) is 4. The number of benzene rings is 2. The lowest BCUT2D eigenvalue weighted by Gasteiger charge is -2.14. The SMILES string of the molecule is COc1cccc(CC(N=C2NS(=O)(=O)c3ccccc32)C2CC2)c1. The van der Waals surface area contributed by atoms with Crippen molar-refractivity contribution in [3.8, 4) is 5.75 Å². The molecule has 0 aromatic heterocycles. The third-order valence-corrected chi connectivity index (χ3v) is 6.10. The van der Waals surface area contributed by atoms with E-state index in [1.54, 1.807) is 25.3 Å². The van der Waals surface area contributed by atoms with Gasteiger partial charge in [-0.15, -0.1) is 0 Å². The fourth-order valence-corrected chi connectivity index (χ4v) is 4.47. The molecule has 0 amide bonds. The van der Waals surface area contributed by atoms with Crippen LogP contribution in [0.2, 0.25) is 0 Å². The summed E-state index contributed by atoms with van der Waals surface area (Å²) in [5, 5.41) is 0. The third-order valence-electron chi connectivity index (χ3n) is 4.70. The summed E-state index contributed by atoms with van der Waals surface area (Å²) < 4.78 is 32.4. The van der Waals surface area contributed by atoms with Gasteiger partial charge in [0.1, 0.15) is 11.6 Å². The Balaban J connectivity index is 1.66. The molecule has 1 unspecified atom stereocenters. The van der Waals surface area contributed by atoms with Gasteiger partial charge in [0.25, 0.3) is 10.0 Å². The second-order valence-corrected chi connectivity index (χ2v) is 8.19. The van der Waals surface area contributed by atoms with Gasteiger partial charge in [-0.3, -0.25) is 9.71 Å². The van der Waals surface area contributed by atoms with E-state index in [9.17, 15) is 8.42 Å². The van der Waals surface area contributed by atoms with Gasteiger partial charge in [-0.25, -0.2) is 8.42 Å². The van der Waals surface area contributed by atoms with Gasteiger partial charge in [-0.05, 0) is 55.0 Å². The molecule has 2 aromatic carbocycles. The number of methoxy groups -OCH3 is 1. The zero-order valence-corrected chi connectivity index (χ0v) is 14.8. The van der Waals surface area contributed by atoms with E-state index in [4.69, 9.17) is 9.73 Å². The van der Waals surface area contributed by atoms with Crippen LogP contribution in [0, 0.1) is 5.92 Å². The summed E-state index contributed by atoms with van der Waals surface area (Å²) in [5.41, 5.74) is 1.81. The number of aliphatic imine (C=N–C) groups is 1. The van der Waals surface area contributed by atoms with Crippen LogP contribution in [0.3, 0.4) is 0 Å². The normalized spacial score (nSPS) is 20.8. The molecular formula is C19H20N2O3S. The highest BCUT2D eigenvalue weighted by Crippen LogP contribution is 2.37. The van der Waals surface area contributed by atoms with Crippen molar-refractivity contribution < 1.29 is 13.2 Å². The number of nitrogens with zero attached hydrogens (tertiary/aromatic N) is 1. The first-order valence-corrected chi connectivity index (χ1v) is 9.88. The first-order chi connectivity index (χ1) is 12.1. The zero-order valence-electron chi connectivity index (χ0n) is 14.0. The summed E-state index contributed by atoms with van der Waals surface area (Å²) in [6.45, 7) is 0. The molecule has 2 aromatic rings. The van der Waals surface area contributed by atoms with Gasteiger partial charge in [-0.1, -0.05) is 24.3 Å². The van der Waals surface area contributed by atoms with Crippen molar-refractivity contribution in [3.63, 3.8) is 0 Å². The fourth-order valence-electron chi connectivity index (χ4n) is 3.24. The van der Waals surface area contributed by atoms with Crippen LogP contribution in [0.1, 0.15) is 24.0 Å². The van der Waals surface area contributed by atoms with Gasteiger partial charge in [0.05, 0.1) is 18.0 Å². The Hall–Kier alpha value is -2.34. The maximum absolute atomic E-state index is 12.3. The molecule has 130 valence electrons.